The number of carboxylic acid groups (broad SMARTS) is 1. The second kappa shape index (κ2) is 4.53. The predicted octanol–water partition coefficient (Wildman–Crippen LogP) is 1.28. The summed E-state index contributed by atoms with van der Waals surface area (Å²) in [5, 5.41) is 8.97. The summed E-state index contributed by atoms with van der Waals surface area (Å²) in [5.74, 6) is -0.312. The minimum Gasteiger partial charge on any atom is -0.449 e. The van der Waals surface area contributed by atoms with Crippen molar-refractivity contribution in [1.82, 2.24) is 9.66 Å². The number of nitrogens with one attached hydrogen (secondary N) is 1. The number of hydrogen-bond acceptors (Lipinski definition) is 5. The average Bonchev–Trinajstić information content (AvgIpc) is 2.32. The Kier molecular flexibility index (Phi) is 3.07. The van der Waals surface area contributed by atoms with Gasteiger partial charge in [0, 0.05) is 7.05 Å². The second-order valence-electron chi connectivity index (χ2n) is 3.29. The summed E-state index contributed by atoms with van der Waals surface area (Å²) in [6.45, 7) is 0. The number of carbonyl (C=O) groups is 1. The Morgan fingerprint density at radius 3 is 2.89 bits per heavy atom. The molecule has 8 heteroatoms. The monoisotopic (exact) mass is 269 g/mol. The van der Waals surface area contributed by atoms with Gasteiger partial charge in [-0.05, 0) is 12.1 Å². The zero-order valence-electron chi connectivity index (χ0n) is 9.18. The highest BCUT2D eigenvalue weighted by atomic mass is 35.5. The number of nitrogens with zero attached hydrogens (tertiary/aromatic N) is 2. The SMILES string of the molecule is CNn1cc(OC(=O)O)c(=O)c2ccc(Cl)nc21. The first-order valence-corrected chi connectivity index (χ1v) is 5.21. The van der Waals surface area contributed by atoms with Crippen LogP contribution in [0.4, 0.5) is 4.79 Å². The molecule has 2 aromatic rings. The minimum absolute atomic E-state index is 0.201. The van der Waals surface area contributed by atoms with Gasteiger partial charge in [0.2, 0.25) is 11.2 Å². The summed E-state index contributed by atoms with van der Waals surface area (Å²) in [5.41, 5.74) is 2.44. The lowest BCUT2D eigenvalue weighted by Crippen LogP contribution is -2.20. The molecule has 2 heterocycles. The van der Waals surface area contributed by atoms with Gasteiger partial charge in [-0.2, -0.15) is 0 Å². The van der Waals surface area contributed by atoms with Crippen LogP contribution in [0.15, 0.2) is 23.1 Å². The van der Waals surface area contributed by atoms with Crippen LogP contribution in [0.2, 0.25) is 5.15 Å². The molecule has 0 aliphatic carbocycles. The third kappa shape index (κ3) is 2.07. The zero-order valence-corrected chi connectivity index (χ0v) is 9.93. The van der Waals surface area contributed by atoms with E-state index >= 15 is 0 Å². The van der Waals surface area contributed by atoms with E-state index in [1.54, 1.807) is 7.05 Å². The average molecular weight is 270 g/mol. The van der Waals surface area contributed by atoms with Crippen LogP contribution in [-0.4, -0.2) is 28.0 Å². The summed E-state index contributed by atoms with van der Waals surface area (Å²) in [7, 11) is 1.58. The quantitative estimate of drug-likeness (QED) is 0.630. The van der Waals surface area contributed by atoms with Gasteiger partial charge in [-0.25, -0.2) is 14.5 Å². The van der Waals surface area contributed by atoms with Gasteiger partial charge in [0.1, 0.15) is 5.15 Å². The number of fused-ring (bicyclic) bond motifs is 1. The molecule has 2 rings (SSSR count). The molecule has 2 N–H and O–H groups in total. The molecule has 0 aromatic carbocycles. The molecule has 0 atom stereocenters. The molecule has 0 amide bonds. The maximum absolute atomic E-state index is 11.9. The van der Waals surface area contributed by atoms with Gasteiger partial charge in [-0.3, -0.25) is 4.79 Å². The van der Waals surface area contributed by atoms with E-state index in [1.807, 2.05) is 0 Å². The smallest absolute Gasteiger partial charge is 0.449 e. The fraction of sp³-hybridized carbons (Fsp3) is 0.100. The third-order valence-corrected chi connectivity index (χ3v) is 2.43. The van der Waals surface area contributed by atoms with Crippen LogP contribution >= 0.6 is 11.6 Å². The molecule has 0 bridgehead atoms. The molecule has 0 saturated carbocycles. The van der Waals surface area contributed by atoms with Crippen molar-refractivity contribution in [3.8, 4) is 5.75 Å². The first kappa shape index (κ1) is 12.2. The Balaban J connectivity index is 2.78. The van der Waals surface area contributed by atoms with Gasteiger partial charge in [0.05, 0.1) is 11.6 Å². The normalized spacial score (nSPS) is 10.3. The van der Waals surface area contributed by atoms with Crippen molar-refractivity contribution in [3.05, 3.63) is 33.7 Å². The zero-order chi connectivity index (χ0) is 13.3. The van der Waals surface area contributed by atoms with Crippen molar-refractivity contribution in [1.29, 1.82) is 0 Å². The number of pyridine rings is 2. The standard InChI is InChI=1S/C10H8ClN3O4/c1-12-14-4-6(18-10(16)17)8(15)5-2-3-7(11)13-9(5)14/h2-4,12H,1H3,(H,16,17). The topological polar surface area (TPSA) is 93.5 Å². The van der Waals surface area contributed by atoms with Crippen molar-refractivity contribution in [2.45, 2.75) is 0 Å². The lowest BCUT2D eigenvalue weighted by atomic mass is 10.3. The summed E-state index contributed by atoms with van der Waals surface area (Å²) >= 11 is 5.74. The van der Waals surface area contributed by atoms with E-state index in [1.165, 1.54) is 23.0 Å². The molecule has 0 saturated heterocycles. The minimum atomic E-state index is -1.56. The molecular formula is C10H8ClN3O4. The van der Waals surface area contributed by atoms with Gasteiger partial charge >= 0.3 is 6.16 Å². The van der Waals surface area contributed by atoms with Crippen LogP contribution in [0, 0.1) is 0 Å². The van der Waals surface area contributed by atoms with Crippen LogP contribution in [-0.2, 0) is 0 Å². The van der Waals surface area contributed by atoms with E-state index in [2.05, 4.69) is 15.1 Å². The highest BCUT2D eigenvalue weighted by Crippen LogP contribution is 2.15. The van der Waals surface area contributed by atoms with E-state index in [0.717, 1.165) is 0 Å². The Morgan fingerprint density at radius 2 is 2.28 bits per heavy atom. The van der Waals surface area contributed by atoms with Crippen LogP contribution in [0.1, 0.15) is 0 Å². The summed E-state index contributed by atoms with van der Waals surface area (Å²) in [6.07, 6.45) is -0.363. The van der Waals surface area contributed by atoms with Crippen molar-refractivity contribution in [3.63, 3.8) is 0 Å². The number of ether oxygens (including phenoxy) is 1. The molecule has 0 spiro atoms. The van der Waals surface area contributed by atoms with E-state index < -0.39 is 11.6 Å². The van der Waals surface area contributed by atoms with Crippen molar-refractivity contribution in [2.75, 3.05) is 12.5 Å². The first-order chi connectivity index (χ1) is 8.52. The molecule has 0 radical (unpaired) electrons. The largest absolute Gasteiger partial charge is 0.511 e. The highest BCUT2D eigenvalue weighted by molar-refractivity contribution is 6.29. The molecule has 2 aromatic heterocycles. The Morgan fingerprint density at radius 1 is 1.56 bits per heavy atom. The van der Waals surface area contributed by atoms with Gasteiger partial charge in [-0.1, -0.05) is 11.6 Å². The van der Waals surface area contributed by atoms with E-state index in [4.69, 9.17) is 16.7 Å². The first-order valence-electron chi connectivity index (χ1n) is 4.83. The summed E-state index contributed by atoms with van der Waals surface area (Å²) < 4.78 is 5.76. The van der Waals surface area contributed by atoms with Gasteiger partial charge in [-0.15, -0.1) is 0 Å². The molecular weight excluding hydrogens is 262 g/mol. The summed E-state index contributed by atoms with van der Waals surface area (Å²) in [4.78, 5) is 26.4. The van der Waals surface area contributed by atoms with Crippen molar-refractivity contribution in [2.24, 2.45) is 0 Å². The third-order valence-electron chi connectivity index (χ3n) is 2.22. The lowest BCUT2D eigenvalue weighted by molar-refractivity contribution is 0.144. The predicted molar refractivity (Wildman–Crippen MR) is 65.0 cm³/mol. The van der Waals surface area contributed by atoms with E-state index in [-0.39, 0.29) is 21.9 Å². The molecule has 7 nitrogen and oxygen atoms in total. The molecule has 0 unspecified atom stereocenters. The van der Waals surface area contributed by atoms with Crippen LogP contribution < -0.4 is 15.6 Å². The number of rotatable bonds is 2. The highest BCUT2D eigenvalue weighted by Gasteiger charge is 2.13. The number of aromatic nitrogens is 2. The maximum atomic E-state index is 11.9. The molecule has 0 fully saturated rings. The van der Waals surface area contributed by atoms with E-state index in [0.29, 0.717) is 0 Å². The number of halogens is 1. The maximum Gasteiger partial charge on any atom is 0.511 e. The van der Waals surface area contributed by atoms with Crippen LogP contribution in [0.3, 0.4) is 0 Å². The molecule has 94 valence electrons. The van der Waals surface area contributed by atoms with Crippen LogP contribution in [0.25, 0.3) is 11.0 Å². The fourth-order valence-corrected chi connectivity index (χ4v) is 1.64. The second-order valence-corrected chi connectivity index (χ2v) is 3.68. The Hall–Kier alpha value is -2.28. The molecule has 0 aliphatic rings. The fourth-order valence-electron chi connectivity index (χ4n) is 1.49. The molecule has 18 heavy (non-hydrogen) atoms. The Labute approximate surface area is 106 Å². The van der Waals surface area contributed by atoms with Crippen molar-refractivity contribution >= 4 is 28.8 Å². The number of hydrogen-bond donors (Lipinski definition) is 2. The van der Waals surface area contributed by atoms with Gasteiger partial charge in [0.25, 0.3) is 0 Å². The molecule has 0 aliphatic heterocycles. The lowest BCUT2D eigenvalue weighted by Gasteiger charge is -2.10. The Bertz CT molecular complexity index is 683. The van der Waals surface area contributed by atoms with Crippen molar-refractivity contribution < 1.29 is 14.6 Å². The van der Waals surface area contributed by atoms with Crippen LogP contribution in [0.5, 0.6) is 5.75 Å². The summed E-state index contributed by atoms with van der Waals surface area (Å²) in [6, 6.07) is 2.89. The van der Waals surface area contributed by atoms with E-state index in [9.17, 15) is 9.59 Å². The van der Waals surface area contributed by atoms with Gasteiger partial charge in [0.15, 0.2) is 5.65 Å². The van der Waals surface area contributed by atoms with Gasteiger partial charge < -0.3 is 15.3 Å².